The molecule has 0 aliphatic carbocycles. The molecule has 4 rings (SSSR count). The van der Waals surface area contributed by atoms with Gasteiger partial charge in [-0.25, -0.2) is 8.42 Å². The van der Waals surface area contributed by atoms with Crippen molar-refractivity contribution in [1.82, 2.24) is 0 Å². The average molecular weight is 530 g/mol. The number of hydrogen-bond acceptors (Lipinski definition) is 9. The Morgan fingerprint density at radius 1 is 1.05 bits per heavy atom. The normalized spacial score (nSPS) is 13.2. The van der Waals surface area contributed by atoms with Crippen LogP contribution < -0.4 is 29.3 Å². The molecule has 1 atom stereocenters. The van der Waals surface area contributed by atoms with Crippen LogP contribution in [0, 0.1) is 0 Å². The number of ether oxygens (including phenoxy) is 3. The molecule has 11 nitrogen and oxygen atoms in total. The molecule has 3 aromatic carbocycles. The number of carbonyl (C=O) groups is 1. The van der Waals surface area contributed by atoms with Gasteiger partial charge in [-0.15, -0.1) is 4.47 Å². The van der Waals surface area contributed by atoms with Crippen LogP contribution in [0.3, 0.4) is 0 Å². The first-order valence-corrected chi connectivity index (χ1v) is 13.0. The fraction of sp³-hybridized carbons (Fsp3) is 0.240. The molecule has 12 heteroatoms. The number of hydrogen-bond donors (Lipinski definition) is 3. The number of aliphatic hydroxyl groups excluding tert-OH is 1. The van der Waals surface area contributed by atoms with Gasteiger partial charge in [-0.3, -0.25) is 10.0 Å². The number of methoxy groups -OCH3 is 1. The van der Waals surface area contributed by atoms with Crippen LogP contribution >= 0.6 is 0 Å². The molecule has 1 aliphatic rings. The number of nitrogens with zero attached hydrogens (tertiary/aromatic N) is 2. The number of rotatable bonds is 10. The topological polar surface area (TPSA) is 152 Å². The van der Waals surface area contributed by atoms with Gasteiger partial charge in [0.1, 0.15) is 5.75 Å². The zero-order chi connectivity index (χ0) is 26.7. The van der Waals surface area contributed by atoms with Crippen molar-refractivity contribution in [3.05, 3.63) is 71.8 Å². The van der Waals surface area contributed by atoms with Crippen LogP contribution in [-0.2, 0) is 21.2 Å². The predicted octanol–water partition coefficient (Wildman–Crippen LogP) is 2.48. The van der Waals surface area contributed by atoms with Crippen LogP contribution in [0.25, 0.3) is 0 Å². The van der Waals surface area contributed by atoms with Gasteiger partial charge in [0.15, 0.2) is 11.5 Å². The van der Waals surface area contributed by atoms with E-state index < -0.39 is 22.0 Å². The molecule has 3 aromatic rings. The molecule has 1 heterocycles. The third-order valence-corrected chi connectivity index (χ3v) is 6.62. The largest absolute Gasteiger partial charge is 0.497 e. The van der Waals surface area contributed by atoms with E-state index in [-0.39, 0.29) is 29.9 Å². The summed E-state index contributed by atoms with van der Waals surface area (Å²) in [4.78, 5) is 13.7. The number of primary amides is 1. The number of carbonyl (C=O) groups excluding carboxylic acids is 1. The SMILES string of the molecule is COc1ccc(N(CC(O)c2ccc(N(O)S(C)(=O)=O)cc2)c2ccc3c(c2)OCO3)c(CC(N)=O)c1. The molecule has 0 aromatic heterocycles. The van der Waals surface area contributed by atoms with E-state index in [0.29, 0.717) is 39.8 Å². The number of anilines is 3. The first kappa shape index (κ1) is 26.1. The fourth-order valence-corrected chi connectivity index (χ4v) is 4.48. The lowest BCUT2D eigenvalue weighted by atomic mass is 10.0. The minimum Gasteiger partial charge on any atom is -0.497 e. The van der Waals surface area contributed by atoms with E-state index in [9.17, 15) is 23.5 Å². The second-order valence-electron chi connectivity index (χ2n) is 8.40. The second-order valence-corrected chi connectivity index (χ2v) is 10.2. The zero-order valence-corrected chi connectivity index (χ0v) is 21.0. The fourth-order valence-electron chi connectivity index (χ4n) is 3.97. The first-order chi connectivity index (χ1) is 17.6. The van der Waals surface area contributed by atoms with E-state index in [2.05, 4.69) is 0 Å². The van der Waals surface area contributed by atoms with E-state index in [1.165, 1.54) is 31.4 Å². The highest BCUT2D eigenvalue weighted by atomic mass is 32.2. The average Bonchev–Trinajstić information content (AvgIpc) is 3.34. The van der Waals surface area contributed by atoms with Crippen LogP contribution in [0.2, 0.25) is 0 Å². The smallest absolute Gasteiger partial charge is 0.254 e. The summed E-state index contributed by atoms with van der Waals surface area (Å²) in [6.07, 6.45) is -0.235. The van der Waals surface area contributed by atoms with Crippen molar-refractivity contribution in [3.63, 3.8) is 0 Å². The Hall–Kier alpha value is -4.00. The molecule has 0 spiro atoms. The summed E-state index contributed by atoms with van der Waals surface area (Å²) in [5, 5.41) is 21.0. The number of benzene rings is 3. The highest BCUT2D eigenvalue weighted by Crippen LogP contribution is 2.40. The van der Waals surface area contributed by atoms with Gasteiger partial charge in [-0.05, 0) is 53.6 Å². The second kappa shape index (κ2) is 10.5. The Morgan fingerprint density at radius 2 is 1.73 bits per heavy atom. The minimum absolute atomic E-state index is 0.0324. The minimum atomic E-state index is -3.86. The van der Waals surface area contributed by atoms with Gasteiger partial charge >= 0.3 is 0 Å². The maximum absolute atomic E-state index is 11.8. The molecule has 0 radical (unpaired) electrons. The summed E-state index contributed by atoms with van der Waals surface area (Å²) in [5.74, 6) is 1.14. The lowest BCUT2D eigenvalue weighted by molar-refractivity contribution is -0.117. The number of sulfonamides is 1. The summed E-state index contributed by atoms with van der Waals surface area (Å²) in [6.45, 7) is 0.143. The standard InChI is InChI=1S/C25H27N3O8S/c1-34-20-8-9-21(17(11-20)12-25(26)30)27(19-7-10-23-24(13-19)36-15-35-23)14-22(29)16-3-5-18(6-4-16)28(31)37(2,32)33/h3-11,13,22,29,31H,12,14-15H2,1-2H3,(H2,26,30). The van der Waals surface area contributed by atoms with Crippen LogP contribution in [0.4, 0.5) is 17.1 Å². The Bertz CT molecular complexity index is 1400. The molecular formula is C25H27N3O8S. The molecule has 1 amide bonds. The van der Waals surface area contributed by atoms with E-state index in [0.717, 1.165) is 6.26 Å². The molecule has 37 heavy (non-hydrogen) atoms. The van der Waals surface area contributed by atoms with Crippen molar-refractivity contribution in [2.45, 2.75) is 12.5 Å². The van der Waals surface area contributed by atoms with Crippen molar-refractivity contribution < 1.29 is 37.7 Å². The Kier molecular flexibility index (Phi) is 7.43. The van der Waals surface area contributed by atoms with Crippen molar-refractivity contribution in [3.8, 4) is 17.2 Å². The Labute approximate surface area is 214 Å². The highest BCUT2D eigenvalue weighted by Gasteiger charge is 2.23. The number of fused-ring (bicyclic) bond motifs is 1. The highest BCUT2D eigenvalue weighted by molar-refractivity contribution is 7.91. The van der Waals surface area contributed by atoms with Gasteiger partial charge in [0.05, 0.1) is 38.1 Å². The summed E-state index contributed by atoms with van der Waals surface area (Å²) >= 11 is 0. The Morgan fingerprint density at radius 3 is 2.38 bits per heavy atom. The molecule has 0 fully saturated rings. The van der Waals surface area contributed by atoms with E-state index in [4.69, 9.17) is 19.9 Å². The molecular weight excluding hydrogens is 502 g/mol. The summed E-state index contributed by atoms with van der Waals surface area (Å²) in [5.41, 5.74) is 7.89. The van der Waals surface area contributed by atoms with Gasteiger partial charge in [0, 0.05) is 17.4 Å². The van der Waals surface area contributed by atoms with E-state index in [1.807, 2.05) is 4.90 Å². The van der Waals surface area contributed by atoms with Crippen molar-refractivity contribution in [2.24, 2.45) is 5.73 Å². The van der Waals surface area contributed by atoms with Crippen LogP contribution in [0.15, 0.2) is 60.7 Å². The number of nitrogens with two attached hydrogens (primary N) is 1. The van der Waals surface area contributed by atoms with Gasteiger partial charge in [0.25, 0.3) is 10.0 Å². The lowest BCUT2D eigenvalue weighted by Gasteiger charge is -2.30. The molecule has 0 saturated carbocycles. The van der Waals surface area contributed by atoms with Crippen LogP contribution in [0.1, 0.15) is 17.2 Å². The van der Waals surface area contributed by atoms with Gasteiger partial charge in [-0.2, -0.15) is 0 Å². The lowest BCUT2D eigenvalue weighted by Crippen LogP contribution is -2.27. The quantitative estimate of drug-likeness (QED) is 0.336. The first-order valence-electron chi connectivity index (χ1n) is 11.2. The third-order valence-electron chi connectivity index (χ3n) is 5.78. The molecule has 196 valence electrons. The Balaban J connectivity index is 1.72. The van der Waals surface area contributed by atoms with E-state index in [1.54, 1.807) is 36.4 Å². The molecule has 1 aliphatic heterocycles. The number of amides is 1. The predicted molar refractivity (Wildman–Crippen MR) is 136 cm³/mol. The maximum Gasteiger partial charge on any atom is 0.254 e. The number of aliphatic hydroxyl groups is 1. The molecule has 0 bridgehead atoms. The molecule has 0 saturated heterocycles. The third kappa shape index (κ3) is 5.88. The van der Waals surface area contributed by atoms with Crippen LogP contribution in [-0.4, -0.2) is 51.3 Å². The summed E-state index contributed by atoms with van der Waals surface area (Å²) < 4.78 is 39.6. The van der Waals surface area contributed by atoms with Crippen molar-refractivity contribution in [2.75, 3.05) is 36.1 Å². The molecule has 1 unspecified atom stereocenters. The summed E-state index contributed by atoms with van der Waals surface area (Å²) in [7, 11) is -2.34. The van der Waals surface area contributed by atoms with E-state index >= 15 is 0 Å². The monoisotopic (exact) mass is 529 g/mol. The summed E-state index contributed by atoms with van der Waals surface area (Å²) in [6, 6.07) is 16.4. The van der Waals surface area contributed by atoms with Gasteiger partial charge in [-0.1, -0.05) is 12.1 Å². The zero-order valence-electron chi connectivity index (χ0n) is 20.2. The van der Waals surface area contributed by atoms with Crippen molar-refractivity contribution >= 4 is 33.0 Å². The maximum atomic E-state index is 11.8. The van der Waals surface area contributed by atoms with Gasteiger partial charge in [0.2, 0.25) is 12.7 Å². The molecule has 4 N–H and O–H groups in total. The van der Waals surface area contributed by atoms with Crippen molar-refractivity contribution in [1.29, 1.82) is 0 Å². The van der Waals surface area contributed by atoms with Gasteiger partial charge < -0.3 is 30.0 Å². The van der Waals surface area contributed by atoms with Crippen LogP contribution in [0.5, 0.6) is 17.2 Å².